The maximum atomic E-state index is 9.76. The van der Waals surface area contributed by atoms with Crippen molar-refractivity contribution in [2.24, 2.45) is 10.2 Å². The molecule has 1 fully saturated rings. The highest BCUT2D eigenvalue weighted by Crippen LogP contribution is 2.36. The number of hydrogen-bond acceptors (Lipinski definition) is 6. The first kappa shape index (κ1) is 13.1. The van der Waals surface area contributed by atoms with Gasteiger partial charge in [-0.05, 0) is 6.08 Å². The number of aliphatic hydroxyl groups is 2. The van der Waals surface area contributed by atoms with E-state index in [1.165, 1.54) is 0 Å². The third-order valence-corrected chi connectivity index (χ3v) is 4.56. The molecular weight excluding hydrogens is 314 g/mol. The summed E-state index contributed by atoms with van der Waals surface area (Å²) in [6, 6.07) is -1.00. The van der Waals surface area contributed by atoms with Crippen molar-refractivity contribution in [2.45, 2.75) is 23.7 Å². The van der Waals surface area contributed by atoms with Crippen LogP contribution in [0.3, 0.4) is 0 Å². The second-order valence-electron chi connectivity index (χ2n) is 4.31. The molecule has 0 saturated carbocycles. The number of halogens is 3. The average Bonchev–Trinajstić information content (AvgIpc) is 2.39. The Labute approximate surface area is 123 Å². The number of azo groups is 1. The number of alkyl halides is 1. The molecule has 9 heteroatoms. The molecule has 0 amide bonds. The predicted molar refractivity (Wildman–Crippen MR) is 70.8 cm³/mol. The molecule has 0 radical (unpaired) electrons. The van der Waals surface area contributed by atoms with Gasteiger partial charge in [0.2, 0.25) is 0 Å². The van der Waals surface area contributed by atoms with Crippen molar-refractivity contribution >= 4 is 34.8 Å². The van der Waals surface area contributed by atoms with Gasteiger partial charge >= 0.3 is 0 Å². The number of fused-ring (bicyclic) bond motifs is 2. The molecule has 1 aliphatic carbocycles. The van der Waals surface area contributed by atoms with E-state index in [4.69, 9.17) is 34.8 Å². The number of rotatable bonds is 0. The van der Waals surface area contributed by atoms with E-state index in [0.717, 1.165) is 0 Å². The Hall–Kier alpha value is -0.950. The summed E-state index contributed by atoms with van der Waals surface area (Å²) in [7, 11) is 0. The Morgan fingerprint density at radius 2 is 1.95 bits per heavy atom. The quantitative estimate of drug-likeness (QED) is 0.510. The minimum Gasteiger partial charge on any atom is -0.491 e. The Bertz CT molecular complexity index is 557. The number of aliphatic hydroxyl groups excluding tert-OH is 2. The molecule has 3 rings (SSSR count). The van der Waals surface area contributed by atoms with Crippen LogP contribution in [0.4, 0.5) is 0 Å². The van der Waals surface area contributed by atoms with Crippen molar-refractivity contribution in [3.63, 3.8) is 0 Å². The summed E-state index contributed by atoms with van der Waals surface area (Å²) >= 11 is 18.2. The van der Waals surface area contributed by atoms with Crippen molar-refractivity contribution in [3.8, 4) is 0 Å². The lowest BCUT2D eigenvalue weighted by Gasteiger charge is -2.41. The molecule has 0 aromatic heterocycles. The van der Waals surface area contributed by atoms with E-state index in [0.29, 0.717) is 21.5 Å². The van der Waals surface area contributed by atoms with Crippen LogP contribution in [-0.4, -0.2) is 33.9 Å². The second kappa shape index (κ2) is 4.56. The summed E-state index contributed by atoms with van der Waals surface area (Å²) < 4.78 is 0. The molecule has 3 aliphatic rings. The number of nitrogens with zero attached hydrogens (tertiary/aromatic N) is 2. The van der Waals surface area contributed by atoms with Crippen LogP contribution in [0.2, 0.25) is 0 Å². The van der Waals surface area contributed by atoms with Gasteiger partial charge in [-0.15, -0.1) is 16.7 Å². The first-order valence-corrected chi connectivity index (χ1v) is 6.64. The fourth-order valence-electron chi connectivity index (χ4n) is 2.18. The van der Waals surface area contributed by atoms with Gasteiger partial charge in [-0.2, -0.15) is 5.11 Å². The zero-order valence-corrected chi connectivity index (χ0v) is 11.6. The summed E-state index contributed by atoms with van der Waals surface area (Å²) in [5.74, 6) is -0.289. The van der Waals surface area contributed by atoms with Gasteiger partial charge in [-0.1, -0.05) is 23.2 Å². The lowest BCUT2D eigenvalue weighted by Crippen LogP contribution is -2.59. The fraction of sp³-hybridized carbons (Fsp3) is 0.400. The van der Waals surface area contributed by atoms with Gasteiger partial charge in [0.1, 0.15) is 11.7 Å². The van der Waals surface area contributed by atoms with E-state index in [9.17, 15) is 10.2 Å². The van der Waals surface area contributed by atoms with Crippen molar-refractivity contribution in [2.75, 3.05) is 0 Å². The summed E-state index contributed by atoms with van der Waals surface area (Å²) in [6.45, 7) is 0. The van der Waals surface area contributed by atoms with Crippen molar-refractivity contribution in [1.82, 2.24) is 10.6 Å². The molecule has 1 saturated heterocycles. The maximum absolute atomic E-state index is 9.76. The fourth-order valence-corrected chi connectivity index (χ4v) is 2.97. The predicted octanol–water partition coefficient (Wildman–Crippen LogP) is 1.62. The zero-order valence-electron chi connectivity index (χ0n) is 9.31. The van der Waals surface area contributed by atoms with E-state index in [1.807, 2.05) is 0 Å². The highest BCUT2D eigenvalue weighted by Gasteiger charge is 2.42. The molecule has 0 aromatic rings. The molecule has 2 aliphatic heterocycles. The first-order valence-electron chi connectivity index (χ1n) is 5.45. The Morgan fingerprint density at radius 1 is 1.21 bits per heavy atom. The highest BCUT2D eigenvalue weighted by molar-refractivity contribution is 6.44. The van der Waals surface area contributed by atoms with Crippen LogP contribution in [-0.2, 0) is 0 Å². The summed E-state index contributed by atoms with van der Waals surface area (Å²) in [6.07, 6.45) is 0.529. The van der Waals surface area contributed by atoms with Crippen LogP contribution in [0, 0.1) is 0 Å². The van der Waals surface area contributed by atoms with Crippen LogP contribution in [0.25, 0.3) is 0 Å². The van der Waals surface area contributed by atoms with Crippen LogP contribution in [0.5, 0.6) is 0 Å². The number of hydrogen-bond donors (Lipinski definition) is 4. The molecule has 6 nitrogen and oxygen atoms in total. The molecular formula is C10H9Cl3N4O2. The SMILES string of the molecule is OC1=C2NC3C(=CC(Cl)=C(Cl)C3Cl)NC2C(O)N=N1. The maximum Gasteiger partial charge on any atom is 0.252 e. The molecule has 0 aromatic carbocycles. The van der Waals surface area contributed by atoms with Gasteiger partial charge in [0.15, 0.2) is 6.23 Å². The number of nitrogens with one attached hydrogen (secondary N) is 2. The molecule has 2 heterocycles. The molecule has 4 atom stereocenters. The molecule has 4 unspecified atom stereocenters. The van der Waals surface area contributed by atoms with Crippen molar-refractivity contribution in [1.29, 1.82) is 0 Å². The molecule has 0 bridgehead atoms. The van der Waals surface area contributed by atoms with Gasteiger partial charge in [0, 0.05) is 5.70 Å². The topological polar surface area (TPSA) is 89.2 Å². The number of piperazine rings is 1. The van der Waals surface area contributed by atoms with Gasteiger partial charge in [-0.25, -0.2) is 0 Å². The molecule has 102 valence electrons. The Balaban J connectivity index is 2.00. The van der Waals surface area contributed by atoms with E-state index >= 15 is 0 Å². The van der Waals surface area contributed by atoms with Gasteiger partial charge < -0.3 is 20.8 Å². The average molecular weight is 324 g/mol. The zero-order chi connectivity index (χ0) is 13.7. The van der Waals surface area contributed by atoms with E-state index in [2.05, 4.69) is 20.9 Å². The van der Waals surface area contributed by atoms with E-state index in [1.54, 1.807) is 6.08 Å². The lowest BCUT2D eigenvalue weighted by molar-refractivity contribution is 0.121. The minimum absolute atomic E-state index is 0.289. The van der Waals surface area contributed by atoms with Gasteiger partial charge in [0.25, 0.3) is 5.88 Å². The lowest BCUT2D eigenvalue weighted by atomic mass is 9.97. The van der Waals surface area contributed by atoms with Crippen LogP contribution < -0.4 is 10.6 Å². The smallest absolute Gasteiger partial charge is 0.252 e. The van der Waals surface area contributed by atoms with Crippen molar-refractivity contribution < 1.29 is 10.2 Å². The summed E-state index contributed by atoms with van der Waals surface area (Å²) in [5, 5.41) is 32.6. The van der Waals surface area contributed by atoms with Crippen LogP contribution in [0.15, 0.2) is 43.6 Å². The third kappa shape index (κ3) is 1.99. The van der Waals surface area contributed by atoms with E-state index < -0.39 is 17.6 Å². The molecule has 4 N–H and O–H groups in total. The second-order valence-corrected chi connectivity index (χ2v) is 5.59. The Morgan fingerprint density at radius 3 is 2.68 bits per heavy atom. The normalized spacial score (nSPS) is 37.2. The largest absolute Gasteiger partial charge is 0.491 e. The molecule has 0 spiro atoms. The van der Waals surface area contributed by atoms with E-state index in [-0.39, 0.29) is 11.9 Å². The number of allylic oxidation sites excluding steroid dienone is 2. The van der Waals surface area contributed by atoms with Crippen molar-refractivity contribution in [3.05, 3.63) is 33.4 Å². The standard InChI is InChI=1S/C10H9Cl3N4O2/c11-2-1-3-6(5(13)4(2)12)15-8-7(14-3)9(18)16-17-10(8)19/h1,5-7,9,14-15,18-19H. The van der Waals surface area contributed by atoms with Crippen LogP contribution >= 0.6 is 34.8 Å². The first-order chi connectivity index (χ1) is 8.99. The summed E-state index contributed by atoms with van der Waals surface area (Å²) in [5.41, 5.74) is 1.00. The van der Waals surface area contributed by atoms with Crippen LogP contribution in [0.1, 0.15) is 0 Å². The third-order valence-electron chi connectivity index (χ3n) is 3.13. The molecule has 19 heavy (non-hydrogen) atoms. The monoisotopic (exact) mass is 322 g/mol. The van der Waals surface area contributed by atoms with Gasteiger partial charge in [-0.3, -0.25) is 0 Å². The van der Waals surface area contributed by atoms with Gasteiger partial charge in [0.05, 0.1) is 21.5 Å². The highest BCUT2D eigenvalue weighted by atomic mass is 35.5. The summed E-state index contributed by atoms with van der Waals surface area (Å²) in [4.78, 5) is 0. The Kier molecular flexibility index (Phi) is 3.13. The minimum atomic E-state index is -1.10.